The van der Waals surface area contributed by atoms with Crippen LogP contribution < -0.4 is 0 Å². The zero-order valence-electron chi connectivity index (χ0n) is 16.3. The van der Waals surface area contributed by atoms with Crippen LogP contribution >= 0.6 is 0 Å². The van der Waals surface area contributed by atoms with Crippen LogP contribution in [0.2, 0.25) is 0 Å². The van der Waals surface area contributed by atoms with Gasteiger partial charge in [0, 0.05) is 38.0 Å². The minimum atomic E-state index is -0.00637. The molecule has 2 aliphatic rings. The summed E-state index contributed by atoms with van der Waals surface area (Å²) in [5.74, 6) is 1.13. The first-order valence-corrected chi connectivity index (χ1v) is 10.0. The van der Waals surface area contributed by atoms with E-state index in [1.807, 2.05) is 25.7 Å². The van der Waals surface area contributed by atoms with Gasteiger partial charge < -0.3 is 14.3 Å². The number of hydrogen-bond acceptors (Lipinski definition) is 4. The lowest BCUT2D eigenvalue weighted by Gasteiger charge is -2.34. The van der Waals surface area contributed by atoms with Crippen molar-refractivity contribution >= 4 is 11.8 Å². The Morgan fingerprint density at radius 2 is 1.62 bits per heavy atom. The second-order valence-electron chi connectivity index (χ2n) is 7.97. The molecule has 0 atom stereocenters. The molecule has 3 heterocycles. The van der Waals surface area contributed by atoms with Crippen molar-refractivity contribution in [3.8, 4) is 0 Å². The molecule has 3 rings (SSSR count). The number of carbonyl (C=O) groups excluding carboxylic acids is 2. The van der Waals surface area contributed by atoms with Crippen LogP contribution in [0.25, 0.3) is 0 Å². The summed E-state index contributed by atoms with van der Waals surface area (Å²) in [6, 6.07) is 0. The highest BCUT2D eigenvalue weighted by Gasteiger charge is 2.33. The van der Waals surface area contributed by atoms with Crippen molar-refractivity contribution in [3.05, 3.63) is 17.0 Å². The molecule has 0 unspecified atom stereocenters. The third-order valence-corrected chi connectivity index (χ3v) is 5.68. The third kappa shape index (κ3) is 3.94. The summed E-state index contributed by atoms with van der Waals surface area (Å²) in [4.78, 5) is 29.7. The molecule has 1 aromatic heterocycles. The number of rotatable bonds is 3. The van der Waals surface area contributed by atoms with Crippen LogP contribution in [0.1, 0.15) is 80.1 Å². The predicted octanol–water partition coefficient (Wildman–Crippen LogP) is 3.36. The van der Waals surface area contributed by atoms with Gasteiger partial charge in [-0.1, -0.05) is 31.8 Å². The van der Waals surface area contributed by atoms with E-state index in [1.165, 1.54) is 12.8 Å². The molecular weight excluding hydrogens is 330 g/mol. The molecule has 0 N–H and O–H groups in total. The SMILES string of the molecule is Cc1noc(C(C)C)c1C(=O)N1CCC(C(=O)N2CCCCCC2)CC1. The summed E-state index contributed by atoms with van der Waals surface area (Å²) in [6.45, 7) is 8.88. The zero-order valence-corrected chi connectivity index (χ0v) is 16.3. The second-order valence-corrected chi connectivity index (χ2v) is 7.97. The molecule has 0 bridgehead atoms. The molecule has 2 fully saturated rings. The van der Waals surface area contributed by atoms with Gasteiger partial charge in [-0.15, -0.1) is 0 Å². The van der Waals surface area contributed by atoms with E-state index in [1.54, 1.807) is 0 Å². The van der Waals surface area contributed by atoms with Gasteiger partial charge in [0.25, 0.3) is 5.91 Å². The van der Waals surface area contributed by atoms with Gasteiger partial charge in [-0.05, 0) is 32.6 Å². The molecule has 26 heavy (non-hydrogen) atoms. The van der Waals surface area contributed by atoms with Crippen molar-refractivity contribution in [2.45, 2.75) is 65.2 Å². The minimum Gasteiger partial charge on any atom is -0.360 e. The predicted molar refractivity (Wildman–Crippen MR) is 99.0 cm³/mol. The molecule has 6 nitrogen and oxygen atoms in total. The topological polar surface area (TPSA) is 66.7 Å². The van der Waals surface area contributed by atoms with Crippen LogP contribution in [0.4, 0.5) is 0 Å². The van der Waals surface area contributed by atoms with Crippen molar-refractivity contribution in [1.82, 2.24) is 15.0 Å². The Hall–Kier alpha value is -1.85. The van der Waals surface area contributed by atoms with E-state index in [0.717, 1.165) is 38.8 Å². The summed E-state index contributed by atoms with van der Waals surface area (Å²) in [6.07, 6.45) is 6.20. The Morgan fingerprint density at radius 1 is 1.00 bits per heavy atom. The molecule has 1 aromatic rings. The third-order valence-electron chi connectivity index (χ3n) is 5.68. The average molecular weight is 361 g/mol. The first-order valence-electron chi connectivity index (χ1n) is 10.0. The zero-order chi connectivity index (χ0) is 18.7. The first kappa shape index (κ1) is 18.9. The number of amides is 2. The highest BCUT2D eigenvalue weighted by molar-refractivity contribution is 5.96. The first-order chi connectivity index (χ1) is 12.5. The molecule has 2 amide bonds. The molecular formula is C20H31N3O3. The second kappa shape index (κ2) is 8.23. The van der Waals surface area contributed by atoms with Gasteiger partial charge in [0.15, 0.2) is 5.76 Å². The molecule has 6 heteroatoms. The van der Waals surface area contributed by atoms with Crippen molar-refractivity contribution in [3.63, 3.8) is 0 Å². The van der Waals surface area contributed by atoms with Gasteiger partial charge >= 0.3 is 0 Å². The van der Waals surface area contributed by atoms with Crippen LogP contribution in [0.15, 0.2) is 4.52 Å². The summed E-state index contributed by atoms with van der Waals surface area (Å²) in [5.41, 5.74) is 1.26. The molecule has 144 valence electrons. The van der Waals surface area contributed by atoms with Crippen molar-refractivity contribution < 1.29 is 14.1 Å². The maximum absolute atomic E-state index is 13.0. The van der Waals surface area contributed by atoms with Gasteiger partial charge in [-0.25, -0.2) is 0 Å². The number of aryl methyl sites for hydroxylation is 1. The lowest BCUT2D eigenvalue weighted by molar-refractivity contribution is -0.136. The highest BCUT2D eigenvalue weighted by Crippen LogP contribution is 2.27. The Bertz CT molecular complexity index is 637. The molecule has 0 radical (unpaired) electrons. The van der Waals surface area contributed by atoms with E-state index in [4.69, 9.17) is 4.52 Å². The average Bonchev–Trinajstić information content (AvgIpc) is 2.85. The summed E-state index contributed by atoms with van der Waals surface area (Å²) in [5, 5.41) is 3.98. The van der Waals surface area contributed by atoms with Crippen LogP contribution in [0.5, 0.6) is 0 Å². The van der Waals surface area contributed by atoms with Crippen molar-refractivity contribution in [1.29, 1.82) is 0 Å². The van der Waals surface area contributed by atoms with E-state index in [-0.39, 0.29) is 17.7 Å². The Kier molecular flexibility index (Phi) is 5.99. The standard InChI is InChI=1S/C20H31N3O3/c1-14(2)18-17(15(3)21-26-18)20(25)23-12-8-16(9-13-23)19(24)22-10-6-4-5-7-11-22/h14,16H,4-13H2,1-3H3. The molecule has 2 aliphatic heterocycles. The van der Waals surface area contributed by atoms with Gasteiger partial charge in [0.1, 0.15) is 5.56 Å². The van der Waals surface area contributed by atoms with E-state index in [0.29, 0.717) is 36.0 Å². The monoisotopic (exact) mass is 361 g/mol. The van der Waals surface area contributed by atoms with Gasteiger partial charge in [-0.3, -0.25) is 9.59 Å². The summed E-state index contributed by atoms with van der Waals surface area (Å²) in [7, 11) is 0. The van der Waals surface area contributed by atoms with E-state index >= 15 is 0 Å². The van der Waals surface area contributed by atoms with Crippen molar-refractivity contribution in [2.75, 3.05) is 26.2 Å². The number of carbonyl (C=O) groups is 2. The number of likely N-dealkylation sites (tertiary alicyclic amines) is 2. The Morgan fingerprint density at radius 3 is 2.19 bits per heavy atom. The van der Waals surface area contributed by atoms with Gasteiger partial charge in [-0.2, -0.15) is 0 Å². The highest BCUT2D eigenvalue weighted by atomic mass is 16.5. The van der Waals surface area contributed by atoms with E-state index in [2.05, 4.69) is 10.1 Å². The molecule has 0 spiro atoms. The largest absolute Gasteiger partial charge is 0.360 e. The smallest absolute Gasteiger partial charge is 0.259 e. The summed E-state index contributed by atoms with van der Waals surface area (Å²) < 4.78 is 5.36. The van der Waals surface area contributed by atoms with Crippen LogP contribution in [0, 0.1) is 12.8 Å². The Balaban J connectivity index is 1.60. The lowest BCUT2D eigenvalue weighted by Crippen LogP contribution is -2.45. The number of piperidine rings is 1. The van der Waals surface area contributed by atoms with E-state index in [9.17, 15) is 9.59 Å². The number of nitrogens with zero attached hydrogens (tertiary/aromatic N) is 3. The summed E-state index contributed by atoms with van der Waals surface area (Å²) >= 11 is 0. The normalized spacial score (nSPS) is 19.7. The molecule has 2 saturated heterocycles. The number of hydrogen-bond donors (Lipinski definition) is 0. The fourth-order valence-electron chi connectivity index (χ4n) is 4.08. The lowest BCUT2D eigenvalue weighted by atomic mass is 9.94. The van der Waals surface area contributed by atoms with Crippen LogP contribution in [-0.4, -0.2) is 52.9 Å². The maximum atomic E-state index is 13.0. The Labute approximate surface area is 155 Å². The fraction of sp³-hybridized carbons (Fsp3) is 0.750. The molecule has 0 aromatic carbocycles. The van der Waals surface area contributed by atoms with Gasteiger partial charge in [0.2, 0.25) is 5.91 Å². The quantitative estimate of drug-likeness (QED) is 0.828. The van der Waals surface area contributed by atoms with Crippen LogP contribution in [-0.2, 0) is 4.79 Å². The fourth-order valence-corrected chi connectivity index (χ4v) is 4.08. The van der Waals surface area contributed by atoms with E-state index < -0.39 is 0 Å². The molecule has 0 aliphatic carbocycles. The van der Waals surface area contributed by atoms with Crippen LogP contribution in [0.3, 0.4) is 0 Å². The maximum Gasteiger partial charge on any atom is 0.259 e. The molecule has 0 saturated carbocycles. The van der Waals surface area contributed by atoms with Gasteiger partial charge in [0.05, 0.1) is 5.69 Å². The number of aromatic nitrogens is 1. The minimum absolute atomic E-state index is 0.00637. The van der Waals surface area contributed by atoms with Crippen molar-refractivity contribution in [2.24, 2.45) is 5.92 Å².